The van der Waals surface area contributed by atoms with Crippen LogP contribution >= 0.6 is 0 Å². The number of carbonyl (C=O) groups is 1. The summed E-state index contributed by atoms with van der Waals surface area (Å²) in [6, 6.07) is 9.69. The standard InChI is InChI=1S/C21H17N3O3/c1-13-21(15-3-2-6-22-12-15)17-9-16(11-20(25)24(17)23-13)14-4-5-18-19(10-14)27-8-7-26-18/h2-6,10-12H,7-9H2,1H3. The second-order valence-corrected chi connectivity index (χ2v) is 6.60. The third kappa shape index (κ3) is 2.61. The van der Waals surface area contributed by atoms with E-state index < -0.39 is 0 Å². The Labute approximate surface area is 156 Å². The fraction of sp³-hybridized carbons (Fsp3) is 0.190. The highest BCUT2D eigenvalue weighted by Crippen LogP contribution is 2.37. The first-order valence-electron chi connectivity index (χ1n) is 8.84. The van der Waals surface area contributed by atoms with Gasteiger partial charge < -0.3 is 9.47 Å². The van der Waals surface area contributed by atoms with Crippen molar-refractivity contribution in [2.45, 2.75) is 13.3 Å². The Morgan fingerprint density at radius 3 is 2.74 bits per heavy atom. The van der Waals surface area contributed by atoms with Gasteiger partial charge in [-0.15, -0.1) is 0 Å². The molecule has 4 heterocycles. The number of allylic oxidation sites excluding steroid dienone is 2. The van der Waals surface area contributed by atoms with Gasteiger partial charge in [-0.05, 0) is 36.3 Å². The average molecular weight is 359 g/mol. The van der Waals surface area contributed by atoms with Crippen molar-refractivity contribution in [1.82, 2.24) is 14.8 Å². The lowest BCUT2D eigenvalue weighted by Crippen LogP contribution is -2.19. The lowest BCUT2D eigenvalue weighted by atomic mass is 9.94. The van der Waals surface area contributed by atoms with Crippen LogP contribution in [-0.2, 0) is 6.42 Å². The van der Waals surface area contributed by atoms with Gasteiger partial charge in [0, 0.05) is 36.0 Å². The molecule has 0 N–H and O–H groups in total. The number of pyridine rings is 1. The first-order chi connectivity index (χ1) is 13.2. The molecule has 6 nitrogen and oxygen atoms in total. The van der Waals surface area contributed by atoms with E-state index in [-0.39, 0.29) is 5.91 Å². The van der Waals surface area contributed by atoms with E-state index in [4.69, 9.17) is 9.47 Å². The van der Waals surface area contributed by atoms with Crippen LogP contribution in [0.1, 0.15) is 21.7 Å². The van der Waals surface area contributed by atoms with Gasteiger partial charge in [0.1, 0.15) is 13.2 Å². The van der Waals surface area contributed by atoms with Crippen LogP contribution < -0.4 is 9.47 Å². The van der Waals surface area contributed by atoms with Crippen LogP contribution in [-0.4, -0.2) is 33.9 Å². The molecule has 0 fully saturated rings. The lowest BCUT2D eigenvalue weighted by molar-refractivity contribution is 0.0948. The van der Waals surface area contributed by atoms with Crippen molar-refractivity contribution in [3.63, 3.8) is 0 Å². The third-order valence-electron chi connectivity index (χ3n) is 4.88. The molecule has 3 aromatic rings. The summed E-state index contributed by atoms with van der Waals surface area (Å²) in [6.45, 7) is 3.01. The van der Waals surface area contributed by atoms with Crippen LogP contribution in [0.25, 0.3) is 16.7 Å². The largest absolute Gasteiger partial charge is 0.486 e. The molecule has 5 rings (SSSR count). The van der Waals surface area contributed by atoms with Gasteiger partial charge >= 0.3 is 0 Å². The number of aromatic nitrogens is 3. The Kier molecular flexibility index (Phi) is 3.57. The summed E-state index contributed by atoms with van der Waals surface area (Å²) in [5.41, 5.74) is 5.54. The molecule has 2 aromatic heterocycles. The fourth-order valence-corrected chi connectivity index (χ4v) is 3.68. The smallest absolute Gasteiger partial charge is 0.271 e. The number of aryl methyl sites for hydroxylation is 1. The molecule has 134 valence electrons. The minimum atomic E-state index is -0.139. The average Bonchev–Trinajstić information content (AvgIpc) is 3.05. The predicted octanol–water partition coefficient (Wildman–Crippen LogP) is 3.30. The zero-order valence-electron chi connectivity index (χ0n) is 14.8. The number of benzene rings is 1. The maximum absolute atomic E-state index is 12.7. The summed E-state index contributed by atoms with van der Waals surface area (Å²) in [5.74, 6) is 1.32. The lowest BCUT2D eigenvalue weighted by Gasteiger charge is -2.21. The molecule has 0 bridgehead atoms. The quantitative estimate of drug-likeness (QED) is 0.702. The highest BCUT2D eigenvalue weighted by molar-refractivity contribution is 6.00. The van der Waals surface area contributed by atoms with E-state index in [1.165, 1.54) is 4.68 Å². The van der Waals surface area contributed by atoms with E-state index in [0.717, 1.165) is 45.2 Å². The molecule has 27 heavy (non-hydrogen) atoms. The first-order valence-corrected chi connectivity index (χ1v) is 8.84. The Balaban J connectivity index is 1.58. The van der Waals surface area contributed by atoms with E-state index >= 15 is 0 Å². The summed E-state index contributed by atoms with van der Waals surface area (Å²) < 4.78 is 12.8. The van der Waals surface area contributed by atoms with Crippen molar-refractivity contribution >= 4 is 11.5 Å². The molecule has 0 spiro atoms. The topological polar surface area (TPSA) is 66.2 Å². The number of hydrogen-bond donors (Lipinski definition) is 0. The number of rotatable bonds is 2. The molecule has 0 saturated heterocycles. The highest BCUT2D eigenvalue weighted by Gasteiger charge is 2.26. The van der Waals surface area contributed by atoms with Crippen molar-refractivity contribution in [3.8, 4) is 22.6 Å². The van der Waals surface area contributed by atoms with Crippen LogP contribution in [0.15, 0.2) is 48.8 Å². The molecule has 0 amide bonds. The number of carbonyl (C=O) groups excluding carboxylic acids is 1. The molecule has 1 aromatic carbocycles. The van der Waals surface area contributed by atoms with E-state index in [9.17, 15) is 4.79 Å². The van der Waals surface area contributed by atoms with Gasteiger partial charge in [-0.3, -0.25) is 9.78 Å². The second kappa shape index (κ2) is 6.09. The zero-order valence-corrected chi connectivity index (χ0v) is 14.8. The van der Waals surface area contributed by atoms with Gasteiger partial charge in [0.05, 0.1) is 11.4 Å². The van der Waals surface area contributed by atoms with E-state index in [0.29, 0.717) is 19.6 Å². The van der Waals surface area contributed by atoms with Gasteiger partial charge in [-0.2, -0.15) is 5.10 Å². The van der Waals surface area contributed by atoms with Gasteiger partial charge in [-0.25, -0.2) is 4.68 Å². The van der Waals surface area contributed by atoms with Crippen LogP contribution in [0.4, 0.5) is 0 Å². The molecule has 0 aliphatic carbocycles. The number of ether oxygens (including phenoxy) is 2. The van der Waals surface area contributed by atoms with Crippen LogP contribution in [0.5, 0.6) is 11.5 Å². The van der Waals surface area contributed by atoms with Crippen molar-refractivity contribution in [1.29, 1.82) is 0 Å². The highest BCUT2D eigenvalue weighted by atomic mass is 16.6. The third-order valence-corrected chi connectivity index (χ3v) is 4.88. The van der Waals surface area contributed by atoms with Crippen molar-refractivity contribution in [3.05, 3.63) is 65.8 Å². The molecule has 6 heteroatoms. The molecule has 0 unspecified atom stereocenters. The number of fused-ring (bicyclic) bond motifs is 2. The van der Waals surface area contributed by atoms with Gasteiger partial charge in [0.15, 0.2) is 11.5 Å². The van der Waals surface area contributed by atoms with Crippen molar-refractivity contribution in [2.24, 2.45) is 0 Å². The van der Waals surface area contributed by atoms with E-state index in [2.05, 4.69) is 10.1 Å². The van der Waals surface area contributed by atoms with Crippen molar-refractivity contribution in [2.75, 3.05) is 13.2 Å². The maximum atomic E-state index is 12.7. The summed E-state index contributed by atoms with van der Waals surface area (Å²) in [4.78, 5) is 16.9. The summed E-state index contributed by atoms with van der Waals surface area (Å²) in [7, 11) is 0. The molecule has 0 radical (unpaired) electrons. The molecule has 0 saturated carbocycles. The predicted molar refractivity (Wildman–Crippen MR) is 99.9 cm³/mol. The Bertz CT molecular complexity index is 1080. The Morgan fingerprint density at radius 1 is 1.07 bits per heavy atom. The summed E-state index contributed by atoms with van der Waals surface area (Å²) in [5, 5.41) is 4.46. The monoisotopic (exact) mass is 359 g/mol. The normalized spacial score (nSPS) is 15.3. The molecular formula is C21H17N3O3. The number of hydrogen-bond acceptors (Lipinski definition) is 5. The van der Waals surface area contributed by atoms with E-state index in [1.54, 1.807) is 18.5 Å². The summed E-state index contributed by atoms with van der Waals surface area (Å²) in [6.07, 6.45) is 5.80. The van der Waals surface area contributed by atoms with Gasteiger partial charge in [0.25, 0.3) is 5.91 Å². The molecular weight excluding hydrogens is 342 g/mol. The fourth-order valence-electron chi connectivity index (χ4n) is 3.68. The molecule has 2 aliphatic rings. The minimum Gasteiger partial charge on any atom is -0.486 e. The van der Waals surface area contributed by atoms with Crippen LogP contribution in [0, 0.1) is 6.92 Å². The maximum Gasteiger partial charge on any atom is 0.271 e. The van der Waals surface area contributed by atoms with Crippen LogP contribution in [0.3, 0.4) is 0 Å². The SMILES string of the molecule is Cc1nn2c(c1-c1cccnc1)CC(c1ccc3c(c1)OCCO3)=CC2=O. The van der Waals surface area contributed by atoms with Gasteiger partial charge in [-0.1, -0.05) is 12.1 Å². The van der Waals surface area contributed by atoms with Crippen LogP contribution in [0.2, 0.25) is 0 Å². The zero-order chi connectivity index (χ0) is 18.4. The Hall–Kier alpha value is -3.41. The van der Waals surface area contributed by atoms with Crippen molar-refractivity contribution < 1.29 is 14.3 Å². The molecule has 2 aliphatic heterocycles. The first kappa shape index (κ1) is 15.8. The molecule has 0 atom stereocenters. The Morgan fingerprint density at radius 2 is 1.93 bits per heavy atom. The number of nitrogens with zero attached hydrogens (tertiary/aromatic N) is 3. The van der Waals surface area contributed by atoms with E-state index in [1.807, 2.05) is 37.3 Å². The second-order valence-electron chi connectivity index (χ2n) is 6.60. The minimum absolute atomic E-state index is 0.139. The summed E-state index contributed by atoms with van der Waals surface area (Å²) >= 11 is 0. The van der Waals surface area contributed by atoms with Gasteiger partial charge in [0.2, 0.25) is 0 Å².